The zero-order valence-electron chi connectivity index (χ0n) is 18.2. The molecule has 0 unspecified atom stereocenters. The van der Waals surface area contributed by atoms with Crippen molar-refractivity contribution in [2.75, 3.05) is 10.8 Å². The zero-order valence-corrected chi connectivity index (χ0v) is 19.8. The lowest BCUT2D eigenvalue weighted by molar-refractivity contribution is -0.120. The molecule has 172 valence electrons. The van der Waals surface area contributed by atoms with E-state index in [-0.39, 0.29) is 11.4 Å². The first-order valence-electron chi connectivity index (χ1n) is 10.7. The van der Waals surface area contributed by atoms with Gasteiger partial charge in [0.25, 0.3) is 10.0 Å². The predicted molar refractivity (Wildman–Crippen MR) is 135 cm³/mol. The number of amides is 1. The van der Waals surface area contributed by atoms with Gasteiger partial charge in [0.1, 0.15) is 6.54 Å². The lowest BCUT2D eigenvalue weighted by atomic mass is 9.99. The molecule has 0 radical (unpaired) electrons. The quantitative estimate of drug-likeness (QED) is 0.357. The number of carbonyl (C=O) groups excluding carboxylic acids is 1. The van der Waals surface area contributed by atoms with Gasteiger partial charge >= 0.3 is 0 Å². The highest BCUT2D eigenvalue weighted by molar-refractivity contribution is 7.92. The first-order valence-corrected chi connectivity index (χ1v) is 12.5. The Kier molecular flexibility index (Phi) is 7.30. The van der Waals surface area contributed by atoms with Crippen molar-refractivity contribution in [3.63, 3.8) is 0 Å². The van der Waals surface area contributed by atoms with Gasteiger partial charge in [-0.15, -0.1) is 0 Å². The summed E-state index contributed by atoms with van der Waals surface area (Å²) in [7, 11) is -4.02. The summed E-state index contributed by atoms with van der Waals surface area (Å²) < 4.78 is 28.1. The molecule has 0 saturated carbocycles. The molecule has 0 saturated heterocycles. The zero-order chi connectivity index (χ0) is 24.0. The van der Waals surface area contributed by atoms with Crippen LogP contribution in [0.2, 0.25) is 5.02 Å². The maximum absolute atomic E-state index is 13.5. The van der Waals surface area contributed by atoms with E-state index in [1.165, 1.54) is 24.3 Å². The third kappa shape index (κ3) is 5.47. The van der Waals surface area contributed by atoms with Crippen LogP contribution in [0.4, 0.5) is 5.69 Å². The number of rotatable bonds is 8. The number of hydrogen-bond donors (Lipinski definition) is 1. The smallest absolute Gasteiger partial charge is 0.264 e. The number of nitrogens with zero attached hydrogens (tertiary/aromatic N) is 1. The second kappa shape index (κ2) is 10.5. The average molecular weight is 491 g/mol. The molecule has 1 amide bonds. The van der Waals surface area contributed by atoms with Gasteiger partial charge in [-0.3, -0.25) is 9.10 Å². The van der Waals surface area contributed by atoms with Crippen LogP contribution in [0.5, 0.6) is 0 Å². The molecule has 0 heterocycles. The van der Waals surface area contributed by atoms with E-state index < -0.39 is 22.0 Å². The summed E-state index contributed by atoms with van der Waals surface area (Å²) >= 11 is 5.94. The molecule has 0 fully saturated rings. The summed E-state index contributed by atoms with van der Waals surface area (Å²) in [6.45, 7) is -0.384. The molecule has 0 aliphatic heterocycles. The van der Waals surface area contributed by atoms with Crippen LogP contribution in [-0.4, -0.2) is 20.9 Å². The average Bonchev–Trinajstić information content (AvgIpc) is 2.87. The molecule has 5 nitrogen and oxygen atoms in total. The Balaban J connectivity index is 1.66. The number of benzene rings is 4. The van der Waals surface area contributed by atoms with Crippen LogP contribution in [-0.2, 0) is 14.8 Å². The number of halogens is 1. The van der Waals surface area contributed by atoms with E-state index in [0.29, 0.717) is 10.7 Å². The number of carbonyl (C=O) groups is 1. The Hall–Kier alpha value is -3.61. The molecule has 0 aliphatic carbocycles. The Bertz CT molecular complexity index is 1290. The summed E-state index contributed by atoms with van der Waals surface area (Å²) in [5, 5.41) is 3.44. The Labute approximate surface area is 204 Å². The minimum atomic E-state index is -4.02. The van der Waals surface area contributed by atoms with Gasteiger partial charge in [-0.05, 0) is 47.5 Å². The number of para-hydroxylation sites is 1. The van der Waals surface area contributed by atoms with Crippen molar-refractivity contribution in [2.45, 2.75) is 10.9 Å². The van der Waals surface area contributed by atoms with Crippen molar-refractivity contribution in [3.05, 3.63) is 131 Å². The Morgan fingerprint density at radius 2 is 1.21 bits per heavy atom. The number of nitrogens with one attached hydrogen (secondary N) is 1. The standard InChI is InChI=1S/C27H23ClN2O3S/c28-23-16-18-25(19-17-23)34(32,33)30(24-14-8-3-9-15-24)20-26(31)29-27(21-10-4-1-5-11-21)22-12-6-2-7-13-22/h1-19,27H,20H2,(H,29,31). The largest absolute Gasteiger partial charge is 0.344 e. The minimum absolute atomic E-state index is 0.0521. The van der Waals surface area contributed by atoms with Crippen molar-refractivity contribution in [1.29, 1.82) is 0 Å². The summed E-state index contributed by atoms with van der Waals surface area (Å²) in [5.41, 5.74) is 2.19. The molecule has 4 rings (SSSR count). The van der Waals surface area contributed by atoms with Gasteiger partial charge in [0.15, 0.2) is 0 Å². The summed E-state index contributed by atoms with van der Waals surface area (Å²) in [6, 6.07) is 33.2. The van der Waals surface area contributed by atoms with Gasteiger partial charge in [-0.1, -0.05) is 90.5 Å². The van der Waals surface area contributed by atoms with E-state index in [0.717, 1.165) is 15.4 Å². The van der Waals surface area contributed by atoms with Crippen LogP contribution < -0.4 is 9.62 Å². The molecular weight excluding hydrogens is 468 g/mol. The number of hydrogen-bond acceptors (Lipinski definition) is 3. The maximum Gasteiger partial charge on any atom is 0.264 e. The molecule has 4 aromatic rings. The summed E-state index contributed by atoms with van der Waals surface area (Å²) in [6.07, 6.45) is 0. The van der Waals surface area contributed by atoms with E-state index in [1.807, 2.05) is 60.7 Å². The fourth-order valence-corrected chi connectivity index (χ4v) is 5.18. The lowest BCUT2D eigenvalue weighted by Gasteiger charge is -2.26. The lowest BCUT2D eigenvalue weighted by Crippen LogP contribution is -2.42. The third-order valence-electron chi connectivity index (χ3n) is 5.30. The second-order valence-corrected chi connectivity index (χ2v) is 9.92. The Morgan fingerprint density at radius 1 is 0.735 bits per heavy atom. The molecule has 34 heavy (non-hydrogen) atoms. The second-order valence-electron chi connectivity index (χ2n) is 7.62. The van der Waals surface area contributed by atoms with Gasteiger partial charge in [0, 0.05) is 5.02 Å². The van der Waals surface area contributed by atoms with Gasteiger partial charge in [0.2, 0.25) is 5.91 Å². The Morgan fingerprint density at radius 3 is 1.71 bits per heavy atom. The minimum Gasteiger partial charge on any atom is -0.344 e. The van der Waals surface area contributed by atoms with Gasteiger partial charge in [0.05, 0.1) is 16.6 Å². The maximum atomic E-state index is 13.5. The molecule has 1 N–H and O–H groups in total. The topological polar surface area (TPSA) is 66.5 Å². The van der Waals surface area contributed by atoms with E-state index in [9.17, 15) is 13.2 Å². The van der Waals surface area contributed by atoms with Crippen LogP contribution in [0.15, 0.2) is 120 Å². The van der Waals surface area contributed by atoms with E-state index in [4.69, 9.17) is 11.6 Å². The number of sulfonamides is 1. The molecular formula is C27H23ClN2O3S. The van der Waals surface area contributed by atoms with Gasteiger partial charge in [-0.25, -0.2) is 8.42 Å². The van der Waals surface area contributed by atoms with Crippen molar-refractivity contribution >= 4 is 33.2 Å². The number of anilines is 1. The van der Waals surface area contributed by atoms with Crippen LogP contribution in [0.25, 0.3) is 0 Å². The van der Waals surface area contributed by atoms with Crippen molar-refractivity contribution in [2.24, 2.45) is 0 Å². The highest BCUT2D eigenvalue weighted by atomic mass is 35.5. The van der Waals surface area contributed by atoms with Crippen LogP contribution >= 0.6 is 11.6 Å². The van der Waals surface area contributed by atoms with E-state index >= 15 is 0 Å². The van der Waals surface area contributed by atoms with Crippen LogP contribution in [0.3, 0.4) is 0 Å². The SMILES string of the molecule is O=C(CN(c1ccccc1)S(=O)(=O)c1ccc(Cl)cc1)NC(c1ccccc1)c1ccccc1. The molecule has 0 bridgehead atoms. The fraction of sp³-hybridized carbons (Fsp3) is 0.0741. The highest BCUT2D eigenvalue weighted by Crippen LogP contribution is 2.26. The molecule has 4 aromatic carbocycles. The molecule has 7 heteroatoms. The molecule has 0 atom stereocenters. The first-order chi connectivity index (χ1) is 16.4. The van der Waals surface area contributed by atoms with E-state index in [2.05, 4.69) is 5.32 Å². The van der Waals surface area contributed by atoms with Crippen LogP contribution in [0, 0.1) is 0 Å². The first kappa shape index (κ1) is 23.5. The normalized spacial score (nSPS) is 11.2. The van der Waals surface area contributed by atoms with E-state index in [1.54, 1.807) is 30.3 Å². The van der Waals surface area contributed by atoms with Crippen molar-refractivity contribution in [3.8, 4) is 0 Å². The van der Waals surface area contributed by atoms with Crippen molar-refractivity contribution in [1.82, 2.24) is 5.32 Å². The monoisotopic (exact) mass is 490 g/mol. The van der Waals surface area contributed by atoms with Crippen LogP contribution in [0.1, 0.15) is 17.2 Å². The fourth-order valence-electron chi connectivity index (χ4n) is 3.63. The van der Waals surface area contributed by atoms with Crippen molar-refractivity contribution < 1.29 is 13.2 Å². The predicted octanol–water partition coefficient (Wildman–Crippen LogP) is 5.44. The molecule has 0 aromatic heterocycles. The van der Waals surface area contributed by atoms with Gasteiger partial charge < -0.3 is 5.32 Å². The summed E-state index contributed by atoms with van der Waals surface area (Å²) in [4.78, 5) is 13.3. The molecule has 0 spiro atoms. The van der Waals surface area contributed by atoms with Gasteiger partial charge in [-0.2, -0.15) is 0 Å². The molecule has 0 aliphatic rings. The summed E-state index contributed by atoms with van der Waals surface area (Å²) in [5.74, 6) is -0.431. The highest BCUT2D eigenvalue weighted by Gasteiger charge is 2.28. The third-order valence-corrected chi connectivity index (χ3v) is 7.34.